The fraction of sp³-hybridized carbons (Fsp3) is 0.467. The smallest absolute Gasteiger partial charge is 0.161 e. The van der Waals surface area contributed by atoms with Crippen LogP contribution in [0.4, 0.5) is 0 Å². The lowest BCUT2D eigenvalue weighted by Crippen LogP contribution is -2.15. The van der Waals surface area contributed by atoms with E-state index in [9.17, 15) is 0 Å². The Balaban J connectivity index is 2.24. The summed E-state index contributed by atoms with van der Waals surface area (Å²) in [5.41, 5.74) is 8.75. The van der Waals surface area contributed by atoms with E-state index >= 15 is 0 Å². The van der Waals surface area contributed by atoms with Crippen LogP contribution in [0.3, 0.4) is 0 Å². The molecule has 0 amide bonds. The number of nitrogens with two attached hydrogens (primary N) is 1. The molecule has 2 rings (SSSR count). The molecule has 0 radical (unpaired) electrons. The van der Waals surface area contributed by atoms with Crippen LogP contribution in [-0.2, 0) is 0 Å². The number of allylic oxidation sites excluding steroid dienone is 1. The summed E-state index contributed by atoms with van der Waals surface area (Å²) in [6.07, 6.45) is 7.06. The van der Waals surface area contributed by atoms with Gasteiger partial charge in [-0.2, -0.15) is 0 Å². The van der Waals surface area contributed by atoms with E-state index in [1.165, 1.54) is 18.4 Å². The Morgan fingerprint density at radius 1 is 1.11 bits per heavy atom. The van der Waals surface area contributed by atoms with E-state index in [2.05, 4.69) is 6.08 Å². The van der Waals surface area contributed by atoms with Crippen LogP contribution in [0.2, 0.25) is 0 Å². The molecule has 0 aliphatic heterocycles. The summed E-state index contributed by atoms with van der Waals surface area (Å²) in [4.78, 5) is 0. The predicted molar refractivity (Wildman–Crippen MR) is 73.0 cm³/mol. The number of ether oxygens (including phenoxy) is 2. The molecule has 2 N–H and O–H groups in total. The van der Waals surface area contributed by atoms with Crippen LogP contribution in [-0.4, -0.2) is 14.2 Å². The van der Waals surface area contributed by atoms with Crippen molar-refractivity contribution in [1.29, 1.82) is 0 Å². The topological polar surface area (TPSA) is 44.5 Å². The van der Waals surface area contributed by atoms with Gasteiger partial charge in [0.1, 0.15) is 0 Å². The number of benzene rings is 1. The van der Waals surface area contributed by atoms with Crippen LogP contribution in [0, 0.1) is 0 Å². The van der Waals surface area contributed by atoms with Crippen LogP contribution in [0.25, 0.3) is 0 Å². The molecule has 0 spiro atoms. The van der Waals surface area contributed by atoms with E-state index in [0.717, 1.165) is 29.9 Å². The van der Waals surface area contributed by atoms with E-state index in [4.69, 9.17) is 15.2 Å². The molecule has 1 aliphatic carbocycles. The lowest BCUT2D eigenvalue weighted by atomic mass is 9.90. The van der Waals surface area contributed by atoms with E-state index in [1.54, 1.807) is 14.2 Å². The number of hydrogen-bond donors (Lipinski definition) is 1. The standard InChI is InChI=1S/C15H21NO2/c1-17-13-9-8-12(10-14(13)18-2)15(16)11-6-4-3-5-7-11/h6,8-10,15H,3-5,7,16H2,1-2H3. The van der Waals surface area contributed by atoms with Gasteiger partial charge in [0.25, 0.3) is 0 Å². The number of methoxy groups -OCH3 is 2. The van der Waals surface area contributed by atoms with Gasteiger partial charge >= 0.3 is 0 Å². The van der Waals surface area contributed by atoms with Crippen molar-refractivity contribution in [3.63, 3.8) is 0 Å². The minimum atomic E-state index is -0.0230. The molecule has 0 fully saturated rings. The van der Waals surface area contributed by atoms with Crippen molar-refractivity contribution in [2.45, 2.75) is 31.7 Å². The van der Waals surface area contributed by atoms with Crippen LogP contribution in [0.15, 0.2) is 29.8 Å². The molecular formula is C15H21NO2. The molecule has 0 saturated heterocycles. The summed E-state index contributed by atoms with van der Waals surface area (Å²) in [6, 6.07) is 5.88. The van der Waals surface area contributed by atoms with Crippen molar-refractivity contribution in [3.05, 3.63) is 35.4 Å². The van der Waals surface area contributed by atoms with Crippen molar-refractivity contribution in [2.24, 2.45) is 5.73 Å². The minimum Gasteiger partial charge on any atom is -0.493 e. The van der Waals surface area contributed by atoms with Crippen molar-refractivity contribution in [1.82, 2.24) is 0 Å². The van der Waals surface area contributed by atoms with Gasteiger partial charge in [-0.3, -0.25) is 0 Å². The van der Waals surface area contributed by atoms with Crippen LogP contribution in [0.5, 0.6) is 11.5 Å². The summed E-state index contributed by atoms with van der Waals surface area (Å²) in [6.45, 7) is 0. The van der Waals surface area contributed by atoms with Gasteiger partial charge in [0.2, 0.25) is 0 Å². The summed E-state index contributed by atoms with van der Waals surface area (Å²) in [5.74, 6) is 1.48. The Kier molecular flexibility index (Phi) is 4.26. The highest BCUT2D eigenvalue weighted by Crippen LogP contribution is 2.33. The van der Waals surface area contributed by atoms with Crippen molar-refractivity contribution in [2.75, 3.05) is 14.2 Å². The Labute approximate surface area is 109 Å². The molecule has 0 aromatic heterocycles. The first-order chi connectivity index (χ1) is 8.76. The third-order valence-corrected chi connectivity index (χ3v) is 3.49. The third-order valence-electron chi connectivity index (χ3n) is 3.49. The molecule has 0 bridgehead atoms. The quantitative estimate of drug-likeness (QED) is 0.831. The van der Waals surface area contributed by atoms with Crippen LogP contribution >= 0.6 is 0 Å². The zero-order chi connectivity index (χ0) is 13.0. The fourth-order valence-corrected chi connectivity index (χ4v) is 2.41. The summed E-state index contributed by atoms with van der Waals surface area (Å²) >= 11 is 0. The highest BCUT2D eigenvalue weighted by molar-refractivity contribution is 5.45. The fourth-order valence-electron chi connectivity index (χ4n) is 2.41. The van der Waals surface area contributed by atoms with Gasteiger partial charge in [-0.25, -0.2) is 0 Å². The third kappa shape index (κ3) is 2.67. The monoisotopic (exact) mass is 247 g/mol. The maximum absolute atomic E-state index is 6.32. The average molecular weight is 247 g/mol. The minimum absolute atomic E-state index is 0.0230. The molecular weight excluding hydrogens is 226 g/mol. The summed E-state index contributed by atoms with van der Waals surface area (Å²) < 4.78 is 10.6. The second kappa shape index (κ2) is 5.91. The number of rotatable bonds is 4. The second-order valence-electron chi connectivity index (χ2n) is 4.62. The molecule has 3 nitrogen and oxygen atoms in total. The predicted octanol–water partition coefficient (Wildman–Crippen LogP) is 3.20. The highest BCUT2D eigenvalue weighted by atomic mass is 16.5. The van der Waals surface area contributed by atoms with Gasteiger partial charge in [0, 0.05) is 0 Å². The first-order valence-corrected chi connectivity index (χ1v) is 6.42. The molecule has 1 aromatic carbocycles. The molecule has 1 aliphatic rings. The van der Waals surface area contributed by atoms with Crippen molar-refractivity contribution in [3.8, 4) is 11.5 Å². The lowest BCUT2D eigenvalue weighted by molar-refractivity contribution is 0.354. The molecule has 98 valence electrons. The second-order valence-corrected chi connectivity index (χ2v) is 4.62. The Morgan fingerprint density at radius 3 is 2.50 bits per heavy atom. The molecule has 3 heteroatoms. The largest absolute Gasteiger partial charge is 0.493 e. The van der Waals surface area contributed by atoms with E-state index in [-0.39, 0.29) is 6.04 Å². The molecule has 0 saturated carbocycles. The maximum Gasteiger partial charge on any atom is 0.161 e. The Morgan fingerprint density at radius 2 is 1.89 bits per heavy atom. The normalized spacial score (nSPS) is 16.9. The zero-order valence-corrected chi connectivity index (χ0v) is 11.1. The molecule has 1 unspecified atom stereocenters. The first-order valence-electron chi connectivity index (χ1n) is 6.42. The van der Waals surface area contributed by atoms with E-state index in [0.29, 0.717) is 0 Å². The van der Waals surface area contributed by atoms with E-state index in [1.807, 2.05) is 18.2 Å². The summed E-state index contributed by atoms with van der Waals surface area (Å²) in [7, 11) is 3.29. The molecule has 1 atom stereocenters. The van der Waals surface area contributed by atoms with Gasteiger partial charge in [-0.1, -0.05) is 17.7 Å². The van der Waals surface area contributed by atoms with Gasteiger partial charge in [-0.05, 0) is 43.4 Å². The SMILES string of the molecule is COc1ccc(C(N)C2=CCCCC2)cc1OC. The van der Waals surface area contributed by atoms with Gasteiger partial charge in [-0.15, -0.1) is 0 Å². The maximum atomic E-state index is 6.32. The van der Waals surface area contributed by atoms with Crippen LogP contribution in [0.1, 0.15) is 37.3 Å². The Bertz CT molecular complexity index is 440. The van der Waals surface area contributed by atoms with Gasteiger partial charge in [0.15, 0.2) is 11.5 Å². The first kappa shape index (κ1) is 13.0. The zero-order valence-electron chi connectivity index (χ0n) is 11.1. The van der Waals surface area contributed by atoms with E-state index < -0.39 is 0 Å². The van der Waals surface area contributed by atoms with Gasteiger partial charge < -0.3 is 15.2 Å². The molecule has 18 heavy (non-hydrogen) atoms. The molecule has 1 aromatic rings. The lowest BCUT2D eigenvalue weighted by Gasteiger charge is -2.21. The summed E-state index contributed by atoms with van der Waals surface area (Å²) in [5, 5.41) is 0. The van der Waals surface area contributed by atoms with Crippen molar-refractivity contribution >= 4 is 0 Å². The average Bonchev–Trinajstić information content (AvgIpc) is 2.46. The Hall–Kier alpha value is -1.48. The van der Waals surface area contributed by atoms with Crippen LogP contribution < -0.4 is 15.2 Å². The number of hydrogen-bond acceptors (Lipinski definition) is 3. The highest BCUT2D eigenvalue weighted by Gasteiger charge is 2.16. The van der Waals surface area contributed by atoms with Crippen molar-refractivity contribution < 1.29 is 9.47 Å². The van der Waals surface area contributed by atoms with Gasteiger partial charge in [0.05, 0.1) is 20.3 Å². The molecule has 0 heterocycles.